The highest BCUT2D eigenvalue weighted by atomic mass is 16.2. The number of nitrogens with zero attached hydrogens (tertiary/aromatic N) is 1. The minimum atomic E-state index is -0.166. The van der Waals surface area contributed by atoms with Gasteiger partial charge in [0.25, 0.3) is 5.91 Å². The average Bonchev–Trinajstić information content (AvgIpc) is 2.44. The predicted octanol–water partition coefficient (Wildman–Crippen LogP) is 2.60. The smallest absolute Gasteiger partial charge is 0.254 e. The standard InChI is InChI=1S/C17H23NO2/c1-6-17(3,4)18(5)16(20)15-10-9-14(8-7-11-19)13(2)12-15/h9-10,12,19H,6,11H2,1-5H3. The quantitative estimate of drug-likeness (QED) is 0.860. The van der Waals surface area contributed by atoms with Crippen LogP contribution in [0.25, 0.3) is 0 Å². The molecule has 1 amide bonds. The molecule has 108 valence electrons. The van der Waals surface area contributed by atoms with Gasteiger partial charge >= 0.3 is 0 Å². The monoisotopic (exact) mass is 273 g/mol. The highest BCUT2D eigenvalue weighted by Crippen LogP contribution is 2.20. The molecule has 0 spiro atoms. The number of amides is 1. The van der Waals surface area contributed by atoms with E-state index in [1.165, 1.54) is 0 Å². The Morgan fingerprint density at radius 1 is 1.40 bits per heavy atom. The van der Waals surface area contributed by atoms with E-state index in [2.05, 4.69) is 32.6 Å². The van der Waals surface area contributed by atoms with Gasteiger partial charge in [0, 0.05) is 23.7 Å². The molecule has 3 heteroatoms. The summed E-state index contributed by atoms with van der Waals surface area (Å²) in [6.07, 6.45) is 0.897. The summed E-state index contributed by atoms with van der Waals surface area (Å²) in [5, 5.41) is 8.72. The zero-order valence-corrected chi connectivity index (χ0v) is 12.9. The third-order valence-corrected chi connectivity index (χ3v) is 3.85. The summed E-state index contributed by atoms with van der Waals surface area (Å²) in [5.74, 6) is 5.51. The first-order chi connectivity index (χ1) is 9.33. The van der Waals surface area contributed by atoms with Crippen molar-refractivity contribution in [2.45, 2.75) is 39.7 Å². The SMILES string of the molecule is CCC(C)(C)N(C)C(=O)c1ccc(C#CCO)c(C)c1. The Morgan fingerprint density at radius 3 is 2.55 bits per heavy atom. The molecule has 0 aliphatic rings. The lowest BCUT2D eigenvalue weighted by Crippen LogP contribution is -2.44. The third kappa shape index (κ3) is 3.61. The summed E-state index contributed by atoms with van der Waals surface area (Å²) >= 11 is 0. The molecule has 0 saturated carbocycles. The molecule has 3 nitrogen and oxygen atoms in total. The molecule has 1 rings (SSSR count). The second-order valence-electron chi connectivity index (χ2n) is 5.52. The Morgan fingerprint density at radius 2 is 2.05 bits per heavy atom. The molecule has 20 heavy (non-hydrogen) atoms. The molecular weight excluding hydrogens is 250 g/mol. The van der Waals surface area contributed by atoms with Gasteiger partial charge in [-0.2, -0.15) is 0 Å². The minimum absolute atomic E-state index is 0.0154. The molecule has 0 heterocycles. The Balaban J connectivity index is 3.04. The largest absolute Gasteiger partial charge is 0.384 e. The van der Waals surface area contributed by atoms with E-state index < -0.39 is 0 Å². The Hall–Kier alpha value is -1.79. The van der Waals surface area contributed by atoms with E-state index in [0.29, 0.717) is 5.56 Å². The lowest BCUT2D eigenvalue weighted by Gasteiger charge is -2.35. The highest BCUT2D eigenvalue weighted by Gasteiger charge is 2.26. The number of carbonyl (C=O) groups is 1. The van der Waals surface area contributed by atoms with Crippen LogP contribution in [0.4, 0.5) is 0 Å². The molecule has 0 bridgehead atoms. The fraction of sp³-hybridized carbons (Fsp3) is 0.471. The number of aliphatic hydroxyl groups excluding tert-OH is 1. The summed E-state index contributed by atoms with van der Waals surface area (Å²) in [5.41, 5.74) is 2.29. The van der Waals surface area contributed by atoms with Crippen molar-refractivity contribution in [3.05, 3.63) is 34.9 Å². The van der Waals surface area contributed by atoms with Crippen molar-refractivity contribution in [3.8, 4) is 11.8 Å². The topological polar surface area (TPSA) is 40.5 Å². The van der Waals surface area contributed by atoms with Crippen molar-refractivity contribution in [3.63, 3.8) is 0 Å². The number of hydrogen-bond acceptors (Lipinski definition) is 2. The van der Waals surface area contributed by atoms with E-state index >= 15 is 0 Å². The Labute approximate surface area is 121 Å². The molecule has 0 aromatic heterocycles. The van der Waals surface area contributed by atoms with Gasteiger partial charge < -0.3 is 10.0 Å². The fourth-order valence-corrected chi connectivity index (χ4v) is 1.78. The number of carbonyl (C=O) groups excluding carboxylic acids is 1. The van der Waals surface area contributed by atoms with Crippen LogP contribution in [0.3, 0.4) is 0 Å². The second kappa shape index (κ2) is 6.58. The second-order valence-corrected chi connectivity index (χ2v) is 5.52. The van der Waals surface area contributed by atoms with Crippen molar-refractivity contribution in [1.82, 2.24) is 4.90 Å². The van der Waals surface area contributed by atoms with Crippen molar-refractivity contribution >= 4 is 5.91 Å². The molecule has 0 atom stereocenters. The third-order valence-electron chi connectivity index (χ3n) is 3.85. The van der Waals surface area contributed by atoms with E-state index in [-0.39, 0.29) is 18.1 Å². The van der Waals surface area contributed by atoms with Crippen LogP contribution >= 0.6 is 0 Å². The molecule has 0 radical (unpaired) electrons. The van der Waals surface area contributed by atoms with Gasteiger partial charge in [-0.1, -0.05) is 18.8 Å². The van der Waals surface area contributed by atoms with E-state index in [1.54, 1.807) is 11.0 Å². The first kappa shape index (κ1) is 16.3. The number of aryl methyl sites for hydroxylation is 1. The van der Waals surface area contributed by atoms with E-state index in [4.69, 9.17) is 5.11 Å². The minimum Gasteiger partial charge on any atom is -0.384 e. The maximum absolute atomic E-state index is 12.5. The molecule has 0 saturated heterocycles. The van der Waals surface area contributed by atoms with Crippen LogP contribution in [0.15, 0.2) is 18.2 Å². The van der Waals surface area contributed by atoms with Crippen LogP contribution in [-0.2, 0) is 0 Å². The van der Waals surface area contributed by atoms with Crippen LogP contribution in [-0.4, -0.2) is 35.1 Å². The van der Waals surface area contributed by atoms with E-state index in [9.17, 15) is 4.79 Å². The maximum Gasteiger partial charge on any atom is 0.254 e. The molecule has 0 aliphatic carbocycles. The van der Waals surface area contributed by atoms with Gasteiger partial charge in [-0.3, -0.25) is 4.79 Å². The molecular formula is C17H23NO2. The van der Waals surface area contributed by atoms with Gasteiger partial charge in [0.05, 0.1) is 0 Å². The Kier molecular flexibility index (Phi) is 5.35. The summed E-state index contributed by atoms with van der Waals surface area (Å²) in [7, 11) is 1.83. The molecule has 1 aromatic rings. The molecule has 0 aliphatic heterocycles. The Bertz CT molecular complexity index is 550. The molecule has 1 N–H and O–H groups in total. The van der Waals surface area contributed by atoms with Crippen molar-refractivity contribution < 1.29 is 9.90 Å². The number of rotatable bonds is 3. The van der Waals surface area contributed by atoms with Crippen molar-refractivity contribution in [2.24, 2.45) is 0 Å². The lowest BCUT2D eigenvalue weighted by atomic mass is 9.98. The van der Waals surface area contributed by atoms with Crippen LogP contribution < -0.4 is 0 Å². The van der Waals surface area contributed by atoms with Gasteiger partial charge in [0.1, 0.15) is 6.61 Å². The summed E-state index contributed by atoms with van der Waals surface area (Å²) in [6, 6.07) is 5.48. The van der Waals surface area contributed by atoms with Crippen LogP contribution in [0.2, 0.25) is 0 Å². The number of hydrogen-bond donors (Lipinski definition) is 1. The lowest BCUT2D eigenvalue weighted by molar-refractivity contribution is 0.0620. The van der Waals surface area contributed by atoms with Gasteiger partial charge in [0.2, 0.25) is 0 Å². The van der Waals surface area contributed by atoms with Crippen LogP contribution in [0, 0.1) is 18.8 Å². The highest BCUT2D eigenvalue weighted by molar-refractivity contribution is 5.94. The van der Waals surface area contributed by atoms with Crippen LogP contribution in [0.1, 0.15) is 48.7 Å². The summed E-state index contributed by atoms with van der Waals surface area (Å²) in [4.78, 5) is 14.3. The van der Waals surface area contributed by atoms with E-state index in [0.717, 1.165) is 17.5 Å². The zero-order valence-electron chi connectivity index (χ0n) is 12.9. The summed E-state index contributed by atoms with van der Waals surface area (Å²) in [6.45, 7) is 7.94. The maximum atomic E-state index is 12.5. The molecule has 1 aromatic carbocycles. The molecule has 0 fully saturated rings. The number of benzene rings is 1. The normalized spacial score (nSPS) is 10.7. The van der Waals surface area contributed by atoms with Gasteiger partial charge in [-0.05, 0) is 51.0 Å². The molecule has 0 unspecified atom stereocenters. The number of aliphatic hydroxyl groups is 1. The zero-order chi connectivity index (χ0) is 15.3. The van der Waals surface area contributed by atoms with E-state index in [1.807, 2.05) is 26.1 Å². The van der Waals surface area contributed by atoms with Gasteiger partial charge in [-0.25, -0.2) is 0 Å². The van der Waals surface area contributed by atoms with Gasteiger partial charge in [0.15, 0.2) is 0 Å². The van der Waals surface area contributed by atoms with Crippen molar-refractivity contribution in [1.29, 1.82) is 0 Å². The van der Waals surface area contributed by atoms with Crippen molar-refractivity contribution in [2.75, 3.05) is 13.7 Å². The fourth-order valence-electron chi connectivity index (χ4n) is 1.78. The first-order valence-electron chi connectivity index (χ1n) is 6.82. The van der Waals surface area contributed by atoms with Gasteiger partial charge in [-0.15, -0.1) is 0 Å². The predicted molar refractivity (Wildman–Crippen MR) is 81.6 cm³/mol. The van der Waals surface area contributed by atoms with Crippen LogP contribution in [0.5, 0.6) is 0 Å². The first-order valence-corrected chi connectivity index (χ1v) is 6.82. The average molecular weight is 273 g/mol. The summed E-state index contributed by atoms with van der Waals surface area (Å²) < 4.78 is 0.